The number of hydrogen-bond acceptors (Lipinski definition) is 3. The summed E-state index contributed by atoms with van der Waals surface area (Å²) < 4.78 is 15.6. The number of carbonyl (C=O) groups excluding carboxylic acids is 1. The predicted molar refractivity (Wildman–Crippen MR) is 119 cm³/mol. The molecule has 0 aliphatic rings. The lowest BCUT2D eigenvalue weighted by Crippen LogP contribution is -2.45. The average Bonchev–Trinajstić information content (AvgIpc) is 2.93. The summed E-state index contributed by atoms with van der Waals surface area (Å²) in [7, 11) is 0. The Labute approximate surface area is 189 Å². The first-order valence-corrected chi connectivity index (χ1v) is 10.2. The van der Waals surface area contributed by atoms with Crippen molar-refractivity contribution in [3.63, 3.8) is 0 Å². The van der Waals surface area contributed by atoms with Gasteiger partial charge in [-0.1, -0.05) is 44.0 Å². The number of aromatic hydroxyl groups is 1. The lowest BCUT2D eigenvalue weighted by molar-refractivity contribution is -0.147. The number of phenols is 1. The van der Waals surface area contributed by atoms with Gasteiger partial charge in [-0.3, -0.25) is 14.2 Å². The largest absolute Gasteiger partial charge is 0.505 e. The van der Waals surface area contributed by atoms with E-state index in [9.17, 15) is 24.2 Å². The van der Waals surface area contributed by atoms with E-state index in [1.807, 2.05) is 0 Å². The van der Waals surface area contributed by atoms with Gasteiger partial charge in [0.15, 0.2) is 11.6 Å². The molecule has 3 aromatic rings. The summed E-state index contributed by atoms with van der Waals surface area (Å²) in [6.45, 7) is 8.48. The molecule has 0 amide bonds. The van der Waals surface area contributed by atoms with Crippen LogP contribution in [0, 0.1) is 18.2 Å². The molecule has 0 bridgehead atoms. The van der Waals surface area contributed by atoms with Crippen molar-refractivity contribution in [2.45, 2.75) is 40.0 Å². The third-order valence-electron chi connectivity index (χ3n) is 6.07. The Balaban J connectivity index is 2.45. The van der Waals surface area contributed by atoms with Crippen molar-refractivity contribution in [1.29, 1.82) is 0 Å². The van der Waals surface area contributed by atoms with Crippen LogP contribution in [0.25, 0.3) is 10.9 Å². The predicted octanol–water partition coefficient (Wildman–Crippen LogP) is 6.18. The van der Waals surface area contributed by atoms with Gasteiger partial charge in [-0.05, 0) is 49.1 Å². The summed E-state index contributed by atoms with van der Waals surface area (Å²) in [5.41, 5.74) is -1.23. The number of hydrogen-bond donors (Lipinski definition) is 2. The minimum absolute atomic E-state index is 0.149. The Morgan fingerprint density at radius 1 is 1.03 bits per heavy atom. The maximum absolute atomic E-state index is 14.3. The fraction of sp³-hybridized carbons (Fsp3) is 0.304. The number of fused-ring (bicyclic) bond motifs is 1. The number of benzene rings is 2. The van der Waals surface area contributed by atoms with Crippen LogP contribution in [0.3, 0.4) is 0 Å². The summed E-state index contributed by atoms with van der Waals surface area (Å²) in [6, 6.07) is 6.55. The van der Waals surface area contributed by atoms with E-state index in [0.29, 0.717) is 11.3 Å². The first kappa shape index (κ1) is 23.1. The van der Waals surface area contributed by atoms with Gasteiger partial charge in [0.1, 0.15) is 0 Å². The number of rotatable bonds is 3. The molecule has 5 nitrogen and oxygen atoms in total. The second-order valence-corrected chi connectivity index (χ2v) is 9.55. The van der Waals surface area contributed by atoms with Crippen molar-refractivity contribution in [2.24, 2.45) is 5.41 Å². The maximum Gasteiger partial charge on any atom is 0.314 e. The summed E-state index contributed by atoms with van der Waals surface area (Å²) in [5, 5.41) is 21.0. The van der Waals surface area contributed by atoms with Gasteiger partial charge in [-0.15, -0.1) is 0 Å². The highest BCUT2D eigenvalue weighted by Crippen LogP contribution is 2.47. The van der Waals surface area contributed by atoms with Gasteiger partial charge < -0.3 is 10.2 Å². The molecule has 8 heteroatoms. The summed E-state index contributed by atoms with van der Waals surface area (Å²) in [6.07, 6.45) is 0. The second-order valence-electron chi connectivity index (χ2n) is 8.73. The van der Waals surface area contributed by atoms with Crippen LogP contribution in [0.1, 0.15) is 49.3 Å². The molecule has 1 heterocycles. The van der Waals surface area contributed by atoms with Crippen LogP contribution in [0.5, 0.6) is 5.75 Å². The molecule has 1 atom stereocenters. The van der Waals surface area contributed by atoms with Gasteiger partial charge in [0.25, 0.3) is 5.91 Å². The topological polar surface area (TPSA) is 79.5 Å². The van der Waals surface area contributed by atoms with Crippen molar-refractivity contribution in [2.75, 3.05) is 0 Å². The van der Waals surface area contributed by atoms with Crippen molar-refractivity contribution in [1.82, 2.24) is 4.57 Å². The molecule has 0 saturated heterocycles. The normalized spacial score (nSPS) is 13.9. The molecule has 0 radical (unpaired) electrons. The fourth-order valence-electron chi connectivity index (χ4n) is 3.88. The van der Waals surface area contributed by atoms with Gasteiger partial charge in [0.05, 0.1) is 21.0 Å². The van der Waals surface area contributed by atoms with Crippen LogP contribution >= 0.6 is 23.2 Å². The van der Waals surface area contributed by atoms with Crippen LogP contribution in [-0.4, -0.2) is 26.7 Å². The van der Waals surface area contributed by atoms with E-state index in [0.717, 1.165) is 6.07 Å². The number of aromatic nitrogens is 1. The SMILES string of the molecule is Cc1c([C@](C)(C(=O)O)C(C)(C)C)c2cc(O)c(F)cc2n1C(=O)c1ccc(Cl)c(Cl)c1. The Bertz CT molecular complexity index is 1240. The molecule has 0 aliphatic heterocycles. The Hall–Kier alpha value is -2.57. The molecule has 2 aromatic carbocycles. The highest BCUT2D eigenvalue weighted by molar-refractivity contribution is 6.42. The molecular formula is C23H22Cl2FNO4. The lowest BCUT2D eigenvalue weighted by Gasteiger charge is -2.39. The minimum atomic E-state index is -1.46. The molecule has 164 valence electrons. The molecule has 31 heavy (non-hydrogen) atoms. The molecule has 0 aliphatic carbocycles. The van der Waals surface area contributed by atoms with Crippen molar-refractivity contribution in [3.8, 4) is 5.75 Å². The third kappa shape index (κ3) is 3.48. The van der Waals surface area contributed by atoms with Crippen molar-refractivity contribution < 1.29 is 24.2 Å². The quantitative estimate of drug-likeness (QED) is 0.483. The number of carboxylic acids is 1. The highest BCUT2D eigenvalue weighted by atomic mass is 35.5. The van der Waals surface area contributed by atoms with Gasteiger partial charge in [0.2, 0.25) is 0 Å². The van der Waals surface area contributed by atoms with E-state index in [1.54, 1.807) is 34.6 Å². The van der Waals surface area contributed by atoms with Gasteiger partial charge in [0, 0.05) is 22.7 Å². The van der Waals surface area contributed by atoms with Crippen LogP contribution in [0.2, 0.25) is 10.0 Å². The van der Waals surface area contributed by atoms with Crippen LogP contribution in [-0.2, 0) is 10.2 Å². The molecular weight excluding hydrogens is 444 g/mol. The van der Waals surface area contributed by atoms with E-state index in [4.69, 9.17) is 23.2 Å². The van der Waals surface area contributed by atoms with Crippen LogP contribution < -0.4 is 0 Å². The Morgan fingerprint density at radius 2 is 1.65 bits per heavy atom. The van der Waals surface area contributed by atoms with E-state index < -0.39 is 34.3 Å². The van der Waals surface area contributed by atoms with Crippen LogP contribution in [0.4, 0.5) is 4.39 Å². The zero-order valence-electron chi connectivity index (χ0n) is 17.7. The number of carboxylic acid groups (broad SMARTS) is 1. The summed E-state index contributed by atoms with van der Waals surface area (Å²) >= 11 is 12.0. The van der Waals surface area contributed by atoms with Gasteiger partial charge in [-0.2, -0.15) is 0 Å². The Kier molecular flexibility index (Phi) is 5.61. The standard InChI is InChI=1S/C23H22Cl2FNO4/c1-11-19(23(5,21(30)31)22(2,3)4)13-9-18(28)16(26)10-17(13)27(11)20(29)12-6-7-14(24)15(25)8-12/h6-10,28H,1-5H3,(H,30,31)/t23-/m1/s1. The van der Waals surface area contributed by atoms with E-state index >= 15 is 0 Å². The van der Waals surface area contributed by atoms with E-state index in [-0.39, 0.29) is 26.5 Å². The molecule has 3 rings (SSSR count). The number of aliphatic carboxylic acids is 1. The maximum atomic E-state index is 14.3. The molecule has 0 spiro atoms. The highest BCUT2D eigenvalue weighted by Gasteiger charge is 2.49. The average molecular weight is 466 g/mol. The van der Waals surface area contributed by atoms with Crippen molar-refractivity contribution in [3.05, 3.63) is 63.0 Å². The molecule has 0 fully saturated rings. The minimum Gasteiger partial charge on any atom is -0.505 e. The van der Waals surface area contributed by atoms with E-state index in [2.05, 4.69) is 0 Å². The third-order valence-corrected chi connectivity index (χ3v) is 6.81. The summed E-state index contributed by atoms with van der Waals surface area (Å²) in [4.78, 5) is 25.9. The molecule has 1 aromatic heterocycles. The lowest BCUT2D eigenvalue weighted by atomic mass is 9.63. The second kappa shape index (κ2) is 7.53. The number of nitrogens with zero attached hydrogens (tertiary/aromatic N) is 1. The van der Waals surface area contributed by atoms with Crippen LogP contribution in [0.15, 0.2) is 30.3 Å². The summed E-state index contributed by atoms with van der Waals surface area (Å²) in [5.74, 6) is -3.19. The number of halogens is 3. The first-order chi connectivity index (χ1) is 14.2. The van der Waals surface area contributed by atoms with Crippen molar-refractivity contribution >= 4 is 46.0 Å². The van der Waals surface area contributed by atoms with E-state index in [1.165, 1.54) is 28.8 Å². The zero-order valence-corrected chi connectivity index (χ0v) is 19.2. The first-order valence-electron chi connectivity index (χ1n) is 9.49. The molecule has 0 saturated carbocycles. The monoisotopic (exact) mass is 465 g/mol. The van der Waals surface area contributed by atoms with Gasteiger partial charge in [-0.25, -0.2) is 4.39 Å². The number of phenolic OH excluding ortho intramolecular Hbond substituents is 1. The molecule has 0 unspecified atom stereocenters. The molecule has 2 N–H and O–H groups in total. The Morgan fingerprint density at radius 3 is 2.16 bits per heavy atom. The number of carbonyl (C=O) groups is 2. The zero-order chi connectivity index (χ0) is 23.5. The smallest absolute Gasteiger partial charge is 0.314 e. The fourth-order valence-corrected chi connectivity index (χ4v) is 4.18. The van der Waals surface area contributed by atoms with Gasteiger partial charge >= 0.3 is 5.97 Å².